The number of nitrogens with one attached hydrogen (secondary N) is 2. The van der Waals surface area contributed by atoms with Crippen molar-refractivity contribution in [3.8, 4) is 0 Å². The van der Waals surface area contributed by atoms with Crippen LogP contribution in [-0.4, -0.2) is 39.0 Å². The molecule has 2 aromatic rings. The lowest BCUT2D eigenvalue weighted by Crippen LogP contribution is -2.37. The van der Waals surface area contributed by atoms with Crippen LogP contribution in [0.1, 0.15) is 75.5 Å². The summed E-state index contributed by atoms with van der Waals surface area (Å²) in [4.78, 5) is 4.60. The summed E-state index contributed by atoms with van der Waals surface area (Å²) in [6.07, 6.45) is 6.72. The van der Waals surface area contributed by atoms with Crippen molar-refractivity contribution in [1.82, 2.24) is 30.6 Å². The Bertz CT molecular complexity index is 762. The molecule has 0 aliphatic carbocycles. The molecule has 0 bridgehead atoms. The standard InChI is InChI=1S/C20H33N7O/c1-4-21-20(23-14-16-13-17(15(2)3)26-28-16)22-11-8-10-19-25-24-18-9-6-5-7-12-27(18)19/h13,15H,4-12,14H2,1-3H3,(H2,21,22,23). The Labute approximate surface area is 167 Å². The van der Waals surface area contributed by atoms with Crippen molar-refractivity contribution >= 4 is 5.96 Å². The maximum absolute atomic E-state index is 5.36. The van der Waals surface area contributed by atoms with Crippen LogP contribution < -0.4 is 10.6 Å². The van der Waals surface area contributed by atoms with Crippen molar-refractivity contribution in [3.63, 3.8) is 0 Å². The smallest absolute Gasteiger partial charge is 0.191 e. The van der Waals surface area contributed by atoms with Crippen molar-refractivity contribution in [2.75, 3.05) is 13.1 Å². The predicted molar refractivity (Wildman–Crippen MR) is 109 cm³/mol. The van der Waals surface area contributed by atoms with Gasteiger partial charge in [-0.3, -0.25) is 0 Å². The van der Waals surface area contributed by atoms with E-state index in [1.54, 1.807) is 0 Å². The lowest BCUT2D eigenvalue weighted by atomic mass is 10.1. The number of aromatic nitrogens is 4. The molecule has 2 aromatic heterocycles. The summed E-state index contributed by atoms with van der Waals surface area (Å²) in [5.74, 6) is 4.21. The second-order valence-electron chi connectivity index (χ2n) is 7.59. The molecule has 0 aromatic carbocycles. The maximum Gasteiger partial charge on any atom is 0.191 e. The minimum atomic E-state index is 0.361. The average molecular weight is 388 g/mol. The molecule has 0 radical (unpaired) electrons. The van der Waals surface area contributed by atoms with Crippen LogP contribution in [0.3, 0.4) is 0 Å². The highest BCUT2D eigenvalue weighted by Crippen LogP contribution is 2.15. The quantitative estimate of drug-likeness (QED) is 0.411. The van der Waals surface area contributed by atoms with E-state index in [9.17, 15) is 0 Å². The first kappa shape index (κ1) is 20.4. The largest absolute Gasteiger partial charge is 0.359 e. The van der Waals surface area contributed by atoms with Crippen LogP contribution >= 0.6 is 0 Å². The molecule has 28 heavy (non-hydrogen) atoms. The minimum absolute atomic E-state index is 0.361. The second-order valence-corrected chi connectivity index (χ2v) is 7.59. The van der Waals surface area contributed by atoms with Gasteiger partial charge in [0, 0.05) is 38.5 Å². The van der Waals surface area contributed by atoms with Gasteiger partial charge in [-0.1, -0.05) is 25.4 Å². The molecule has 0 amide bonds. The van der Waals surface area contributed by atoms with Crippen molar-refractivity contribution < 1.29 is 4.52 Å². The summed E-state index contributed by atoms with van der Waals surface area (Å²) in [5, 5.41) is 19.5. The van der Waals surface area contributed by atoms with E-state index < -0.39 is 0 Å². The molecule has 1 aliphatic rings. The molecule has 1 aliphatic heterocycles. The summed E-state index contributed by atoms with van der Waals surface area (Å²) >= 11 is 0. The Balaban J connectivity index is 1.47. The topological polar surface area (TPSA) is 93.2 Å². The number of nitrogens with zero attached hydrogens (tertiary/aromatic N) is 5. The minimum Gasteiger partial charge on any atom is -0.359 e. The van der Waals surface area contributed by atoms with Gasteiger partial charge in [0.1, 0.15) is 18.2 Å². The third-order valence-electron chi connectivity index (χ3n) is 4.96. The van der Waals surface area contributed by atoms with Gasteiger partial charge in [0.05, 0.1) is 5.69 Å². The summed E-state index contributed by atoms with van der Waals surface area (Å²) < 4.78 is 7.68. The normalized spacial score (nSPS) is 14.8. The molecule has 0 spiro atoms. The molecule has 3 rings (SSSR count). The number of aliphatic imine (C=N–C) groups is 1. The highest BCUT2D eigenvalue weighted by atomic mass is 16.5. The first-order valence-corrected chi connectivity index (χ1v) is 10.6. The van der Waals surface area contributed by atoms with Gasteiger partial charge in [-0.05, 0) is 32.1 Å². The van der Waals surface area contributed by atoms with Crippen LogP contribution in [0.4, 0.5) is 0 Å². The first-order chi connectivity index (χ1) is 13.7. The molecule has 8 heteroatoms. The monoisotopic (exact) mass is 387 g/mol. The molecule has 0 unspecified atom stereocenters. The highest BCUT2D eigenvalue weighted by Gasteiger charge is 2.14. The fourth-order valence-corrected chi connectivity index (χ4v) is 3.36. The molecule has 8 nitrogen and oxygen atoms in total. The number of hydrogen-bond acceptors (Lipinski definition) is 5. The number of aryl methyl sites for hydroxylation is 2. The predicted octanol–water partition coefficient (Wildman–Crippen LogP) is 2.80. The zero-order chi connectivity index (χ0) is 19.8. The van der Waals surface area contributed by atoms with E-state index in [1.807, 2.05) is 6.07 Å². The molecule has 154 valence electrons. The summed E-state index contributed by atoms with van der Waals surface area (Å²) in [7, 11) is 0. The third-order valence-corrected chi connectivity index (χ3v) is 4.96. The van der Waals surface area contributed by atoms with Crippen molar-refractivity contribution in [2.24, 2.45) is 4.99 Å². The zero-order valence-electron chi connectivity index (χ0n) is 17.4. The fraction of sp³-hybridized carbons (Fsp3) is 0.700. The van der Waals surface area contributed by atoms with E-state index in [0.717, 1.165) is 68.0 Å². The molecule has 2 N–H and O–H groups in total. The van der Waals surface area contributed by atoms with Crippen LogP contribution in [0.5, 0.6) is 0 Å². The molecule has 0 atom stereocenters. The lowest BCUT2D eigenvalue weighted by Gasteiger charge is -2.11. The van der Waals surface area contributed by atoms with Gasteiger partial charge in [0.15, 0.2) is 11.7 Å². The Morgan fingerprint density at radius 1 is 1.25 bits per heavy atom. The van der Waals surface area contributed by atoms with Crippen molar-refractivity contribution in [3.05, 3.63) is 29.2 Å². The molecular weight excluding hydrogens is 354 g/mol. The summed E-state index contributed by atoms with van der Waals surface area (Å²) in [5.41, 5.74) is 0.968. The summed E-state index contributed by atoms with van der Waals surface area (Å²) in [6, 6.07) is 1.98. The van der Waals surface area contributed by atoms with E-state index in [4.69, 9.17) is 4.52 Å². The number of fused-ring (bicyclic) bond motifs is 1. The van der Waals surface area contributed by atoms with Crippen LogP contribution in [0.15, 0.2) is 15.6 Å². The molecule has 0 saturated heterocycles. The van der Waals surface area contributed by atoms with Gasteiger partial charge in [0.2, 0.25) is 0 Å². The molecule has 0 fully saturated rings. The molecule has 3 heterocycles. The van der Waals surface area contributed by atoms with E-state index in [2.05, 4.69) is 56.3 Å². The highest BCUT2D eigenvalue weighted by molar-refractivity contribution is 5.79. The van der Waals surface area contributed by atoms with E-state index in [1.165, 1.54) is 19.3 Å². The van der Waals surface area contributed by atoms with E-state index >= 15 is 0 Å². The second kappa shape index (κ2) is 10.2. The van der Waals surface area contributed by atoms with Gasteiger partial charge in [-0.15, -0.1) is 10.2 Å². The van der Waals surface area contributed by atoms with Crippen molar-refractivity contribution in [1.29, 1.82) is 0 Å². The SMILES string of the molecule is CCNC(=NCc1cc(C(C)C)no1)NCCCc1nnc2n1CCCCC2. The first-order valence-electron chi connectivity index (χ1n) is 10.6. The van der Waals surface area contributed by atoms with Crippen LogP contribution in [0.25, 0.3) is 0 Å². The van der Waals surface area contributed by atoms with Gasteiger partial charge in [-0.25, -0.2) is 4.99 Å². The van der Waals surface area contributed by atoms with Gasteiger partial charge in [-0.2, -0.15) is 0 Å². The Kier molecular flexibility index (Phi) is 7.45. The van der Waals surface area contributed by atoms with Gasteiger partial charge < -0.3 is 19.7 Å². The van der Waals surface area contributed by atoms with E-state index in [-0.39, 0.29) is 0 Å². The van der Waals surface area contributed by atoms with Gasteiger partial charge in [0.25, 0.3) is 0 Å². The van der Waals surface area contributed by atoms with Crippen LogP contribution in [-0.2, 0) is 25.9 Å². The van der Waals surface area contributed by atoms with Crippen molar-refractivity contribution in [2.45, 2.75) is 78.3 Å². The maximum atomic E-state index is 5.36. The molecular formula is C20H33N7O. The fourth-order valence-electron chi connectivity index (χ4n) is 3.36. The summed E-state index contributed by atoms with van der Waals surface area (Å²) in [6.45, 7) is 9.46. The Morgan fingerprint density at radius 2 is 2.14 bits per heavy atom. The zero-order valence-corrected chi connectivity index (χ0v) is 17.4. The Morgan fingerprint density at radius 3 is 2.93 bits per heavy atom. The number of rotatable bonds is 8. The Hall–Kier alpha value is -2.38. The number of guanidine groups is 1. The van der Waals surface area contributed by atoms with Gasteiger partial charge >= 0.3 is 0 Å². The lowest BCUT2D eigenvalue weighted by molar-refractivity contribution is 0.376. The average Bonchev–Trinajstić information content (AvgIpc) is 3.24. The molecule has 0 saturated carbocycles. The number of hydrogen-bond donors (Lipinski definition) is 2. The van der Waals surface area contributed by atoms with Crippen LogP contribution in [0, 0.1) is 0 Å². The van der Waals surface area contributed by atoms with Crippen LogP contribution in [0.2, 0.25) is 0 Å². The third kappa shape index (κ3) is 5.56. The van der Waals surface area contributed by atoms with E-state index in [0.29, 0.717) is 12.5 Å².